The molecule has 5 rings (SSSR count). The third-order valence-corrected chi connectivity index (χ3v) is 5.74. The van der Waals surface area contributed by atoms with E-state index < -0.39 is 0 Å². The molecule has 0 aliphatic rings. The summed E-state index contributed by atoms with van der Waals surface area (Å²) in [5.74, 6) is -0.0353. The van der Waals surface area contributed by atoms with Crippen molar-refractivity contribution < 1.29 is 4.79 Å². The van der Waals surface area contributed by atoms with E-state index in [1.165, 1.54) is 0 Å². The van der Waals surface area contributed by atoms with Crippen LogP contribution < -0.4 is 5.32 Å². The fourth-order valence-corrected chi connectivity index (χ4v) is 3.97. The number of carbonyl (C=O) groups is 1. The van der Waals surface area contributed by atoms with Crippen LogP contribution >= 0.6 is 0 Å². The SMILES string of the molecule is Cc1cc2cc(-c3ccccc3)[nH]c2cc1NC(=CC(=O)c1ccccc1)c1ccccc1. The lowest BCUT2D eigenvalue weighted by Crippen LogP contribution is -2.04. The maximum Gasteiger partial charge on any atom is 0.187 e. The van der Waals surface area contributed by atoms with Crippen LogP contribution in [0, 0.1) is 6.92 Å². The molecule has 4 aromatic carbocycles. The molecule has 0 unspecified atom stereocenters. The maximum atomic E-state index is 13.0. The summed E-state index contributed by atoms with van der Waals surface area (Å²) in [6, 6.07) is 36.0. The normalized spacial score (nSPS) is 11.5. The van der Waals surface area contributed by atoms with Gasteiger partial charge in [0.25, 0.3) is 0 Å². The number of ketones is 1. The summed E-state index contributed by atoms with van der Waals surface area (Å²) in [6.45, 7) is 2.08. The quantitative estimate of drug-likeness (QED) is 0.217. The number of aromatic amines is 1. The number of carbonyl (C=O) groups excluding carboxylic acids is 1. The van der Waals surface area contributed by atoms with Gasteiger partial charge in [0.15, 0.2) is 5.78 Å². The van der Waals surface area contributed by atoms with Crippen LogP contribution in [0.1, 0.15) is 21.5 Å². The van der Waals surface area contributed by atoms with Gasteiger partial charge in [-0.15, -0.1) is 0 Å². The largest absolute Gasteiger partial charge is 0.355 e. The molecule has 160 valence electrons. The average Bonchev–Trinajstić information content (AvgIpc) is 3.28. The van der Waals surface area contributed by atoms with Crippen molar-refractivity contribution in [2.24, 2.45) is 0 Å². The highest BCUT2D eigenvalue weighted by Gasteiger charge is 2.11. The number of allylic oxidation sites excluding steroid dienone is 1. The number of hydrogen-bond acceptors (Lipinski definition) is 2. The Morgan fingerprint density at radius 3 is 2.03 bits per heavy atom. The summed E-state index contributed by atoms with van der Waals surface area (Å²) in [5.41, 5.74) is 7.73. The van der Waals surface area contributed by atoms with Gasteiger partial charge in [-0.2, -0.15) is 0 Å². The minimum atomic E-state index is -0.0353. The number of rotatable bonds is 6. The van der Waals surface area contributed by atoms with Crippen LogP contribution in [-0.2, 0) is 0 Å². The molecule has 0 saturated carbocycles. The predicted molar refractivity (Wildman–Crippen MR) is 137 cm³/mol. The van der Waals surface area contributed by atoms with Crippen LogP contribution in [0.3, 0.4) is 0 Å². The summed E-state index contributed by atoms with van der Waals surface area (Å²) < 4.78 is 0. The summed E-state index contributed by atoms with van der Waals surface area (Å²) in [7, 11) is 0. The second kappa shape index (κ2) is 9.01. The first-order chi connectivity index (χ1) is 16.2. The van der Waals surface area contributed by atoms with E-state index in [0.717, 1.165) is 44.7 Å². The molecular weight excluding hydrogens is 404 g/mol. The number of H-pyrrole nitrogens is 1. The van der Waals surface area contributed by atoms with Crippen molar-refractivity contribution in [2.75, 3.05) is 5.32 Å². The zero-order valence-electron chi connectivity index (χ0n) is 18.4. The fourth-order valence-electron chi connectivity index (χ4n) is 3.97. The number of hydrogen-bond donors (Lipinski definition) is 2. The van der Waals surface area contributed by atoms with E-state index in [1.54, 1.807) is 6.08 Å². The van der Waals surface area contributed by atoms with Gasteiger partial charge < -0.3 is 10.3 Å². The molecule has 1 heterocycles. The van der Waals surface area contributed by atoms with Gasteiger partial charge in [0.2, 0.25) is 0 Å². The molecule has 0 fully saturated rings. The average molecular weight is 429 g/mol. The van der Waals surface area contributed by atoms with E-state index in [9.17, 15) is 4.79 Å². The van der Waals surface area contributed by atoms with Crippen LogP contribution in [0.15, 0.2) is 115 Å². The minimum absolute atomic E-state index is 0.0353. The van der Waals surface area contributed by atoms with Gasteiger partial charge in [0.1, 0.15) is 0 Å². The van der Waals surface area contributed by atoms with Crippen molar-refractivity contribution in [3.63, 3.8) is 0 Å². The number of nitrogens with one attached hydrogen (secondary N) is 2. The maximum absolute atomic E-state index is 13.0. The first kappa shape index (κ1) is 20.5. The summed E-state index contributed by atoms with van der Waals surface area (Å²) in [4.78, 5) is 16.5. The van der Waals surface area contributed by atoms with Gasteiger partial charge in [0.05, 0.1) is 0 Å². The van der Waals surface area contributed by atoms with E-state index in [1.807, 2.05) is 78.9 Å². The highest BCUT2D eigenvalue weighted by atomic mass is 16.1. The Morgan fingerprint density at radius 1 is 0.758 bits per heavy atom. The van der Waals surface area contributed by atoms with Crippen LogP contribution in [0.5, 0.6) is 0 Å². The molecule has 0 bridgehead atoms. The molecule has 0 aliphatic carbocycles. The Bertz CT molecular complexity index is 1430. The van der Waals surface area contributed by atoms with Crippen molar-refractivity contribution in [2.45, 2.75) is 6.92 Å². The number of fused-ring (bicyclic) bond motifs is 1. The lowest BCUT2D eigenvalue weighted by Gasteiger charge is -2.14. The zero-order valence-corrected chi connectivity index (χ0v) is 18.4. The molecule has 0 radical (unpaired) electrons. The zero-order chi connectivity index (χ0) is 22.6. The highest BCUT2D eigenvalue weighted by Crippen LogP contribution is 2.30. The molecule has 5 aromatic rings. The Balaban J connectivity index is 1.53. The molecule has 1 aromatic heterocycles. The van der Waals surface area contributed by atoms with Gasteiger partial charge in [-0.05, 0) is 41.8 Å². The molecule has 2 N–H and O–H groups in total. The number of aryl methyl sites for hydroxylation is 1. The highest BCUT2D eigenvalue weighted by molar-refractivity contribution is 6.09. The first-order valence-electron chi connectivity index (χ1n) is 11.0. The van der Waals surface area contributed by atoms with Crippen molar-refractivity contribution in [1.29, 1.82) is 0 Å². The molecule has 0 spiro atoms. The standard InChI is InChI=1S/C30H24N2O/c1-21-17-25-18-27(22-11-5-2-6-12-22)32-28(25)19-26(21)31-29(23-13-7-3-8-14-23)20-30(33)24-15-9-4-10-16-24/h2-20,31-32H,1H3. The molecule has 3 heteroatoms. The number of benzene rings is 4. The van der Waals surface area contributed by atoms with E-state index in [-0.39, 0.29) is 5.78 Å². The van der Waals surface area contributed by atoms with Crippen molar-refractivity contribution in [3.05, 3.63) is 132 Å². The molecule has 0 saturated heterocycles. The Labute approximate surface area is 193 Å². The lowest BCUT2D eigenvalue weighted by atomic mass is 10.1. The van der Waals surface area contributed by atoms with Crippen molar-refractivity contribution >= 4 is 28.1 Å². The summed E-state index contributed by atoms with van der Waals surface area (Å²) in [6.07, 6.45) is 1.68. The van der Waals surface area contributed by atoms with E-state index in [0.29, 0.717) is 5.56 Å². The molecular formula is C30H24N2O. The number of aromatic nitrogens is 1. The van der Waals surface area contributed by atoms with Crippen LogP contribution in [0.2, 0.25) is 0 Å². The monoisotopic (exact) mass is 428 g/mol. The van der Waals surface area contributed by atoms with Gasteiger partial charge in [-0.3, -0.25) is 4.79 Å². The Kier molecular flexibility index (Phi) is 5.61. The lowest BCUT2D eigenvalue weighted by molar-refractivity contribution is 0.104. The molecule has 0 amide bonds. The molecule has 3 nitrogen and oxygen atoms in total. The molecule has 33 heavy (non-hydrogen) atoms. The second-order valence-electron chi connectivity index (χ2n) is 8.08. The summed E-state index contributed by atoms with van der Waals surface area (Å²) in [5, 5.41) is 4.68. The third-order valence-electron chi connectivity index (χ3n) is 5.74. The van der Waals surface area contributed by atoms with Gasteiger partial charge in [-0.25, -0.2) is 0 Å². The topological polar surface area (TPSA) is 44.9 Å². The molecule has 0 atom stereocenters. The number of anilines is 1. The van der Waals surface area contributed by atoms with E-state index in [2.05, 4.69) is 47.6 Å². The molecule has 0 aliphatic heterocycles. The van der Waals surface area contributed by atoms with Crippen molar-refractivity contribution in [1.82, 2.24) is 4.98 Å². The first-order valence-corrected chi connectivity index (χ1v) is 11.0. The van der Waals surface area contributed by atoms with Crippen LogP contribution in [0.25, 0.3) is 27.9 Å². The van der Waals surface area contributed by atoms with Crippen molar-refractivity contribution in [3.8, 4) is 11.3 Å². The van der Waals surface area contributed by atoms with E-state index in [4.69, 9.17) is 0 Å². The van der Waals surface area contributed by atoms with E-state index >= 15 is 0 Å². The smallest absolute Gasteiger partial charge is 0.187 e. The second-order valence-corrected chi connectivity index (χ2v) is 8.08. The fraction of sp³-hybridized carbons (Fsp3) is 0.0333. The van der Waals surface area contributed by atoms with Gasteiger partial charge >= 0.3 is 0 Å². The van der Waals surface area contributed by atoms with Gasteiger partial charge in [-0.1, -0.05) is 91.0 Å². The predicted octanol–water partition coefficient (Wildman–Crippen LogP) is 7.48. The Morgan fingerprint density at radius 2 is 1.36 bits per heavy atom. The van der Waals surface area contributed by atoms with Crippen LogP contribution in [0.4, 0.5) is 5.69 Å². The minimum Gasteiger partial charge on any atom is -0.355 e. The third kappa shape index (κ3) is 4.48. The van der Waals surface area contributed by atoms with Crippen LogP contribution in [-0.4, -0.2) is 10.8 Å². The summed E-state index contributed by atoms with van der Waals surface area (Å²) >= 11 is 0. The Hall–Kier alpha value is -4.37. The van der Waals surface area contributed by atoms with Gasteiger partial charge in [0, 0.05) is 39.6 Å².